The van der Waals surface area contributed by atoms with Crippen LogP contribution in [0.25, 0.3) is 10.8 Å². The van der Waals surface area contributed by atoms with Crippen LogP contribution in [0.4, 0.5) is 11.4 Å². The molecule has 2 amide bonds. The number of aryl methyl sites for hydroxylation is 1. The minimum Gasteiger partial charge on any atom is -0.448 e. The van der Waals surface area contributed by atoms with Crippen LogP contribution < -0.4 is 16.2 Å². The molecule has 3 aromatic rings. The van der Waals surface area contributed by atoms with Crippen LogP contribution in [0.15, 0.2) is 53.3 Å². The fraction of sp³-hybridized carbons (Fsp3) is 0.320. The van der Waals surface area contributed by atoms with Crippen LogP contribution in [0, 0.1) is 0 Å². The number of carbonyl (C=O) groups excluding carboxylic acids is 3. The number of carbonyl (C=O) groups is 3. The highest BCUT2D eigenvalue weighted by molar-refractivity contribution is 6.03. The average Bonchev–Trinajstić information content (AvgIpc) is 2.81. The van der Waals surface area contributed by atoms with Gasteiger partial charge in [0, 0.05) is 30.2 Å². The van der Waals surface area contributed by atoms with Gasteiger partial charge >= 0.3 is 5.97 Å². The molecular weight excluding hydrogens is 436 g/mol. The predicted octanol–water partition coefficient (Wildman–Crippen LogP) is 3.73. The third-order valence-corrected chi connectivity index (χ3v) is 5.16. The third kappa shape index (κ3) is 6.06. The highest BCUT2D eigenvalue weighted by atomic mass is 16.5. The van der Waals surface area contributed by atoms with E-state index in [4.69, 9.17) is 4.74 Å². The number of nitrogens with one attached hydrogen (secondary N) is 2. The number of anilines is 2. The number of amides is 2. The summed E-state index contributed by atoms with van der Waals surface area (Å²) in [5.74, 6) is -1.51. The Labute approximate surface area is 197 Å². The number of fused-ring (bicyclic) bond motifs is 1. The average molecular weight is 465 g/mol. The summed E-state index contributed by atoms with van der Waals surface area (Å²) in [5.41, 5.74) is 0.801. The molecule has 0 unspecified atom stereocenters. The summed E-state index contributed by atoms with van der Waals surface area (Å²) >= 11 is 0. The molecule has 9 heteroatoms. The van der Waals surface area contributed by atoms with Crippen LogP contribution in [-0.2, 0) is 20.9 Å². The number of ether oxygens (including phenoxy) is 1. The second-order valence-electron chi connectivity index (χ2n) is 7.92. The van der Waals surface area contributed by atoms with Crippen LogP contribution in [0.2, 0.25) is 0 Å². The molecule has 2 aromatic carbocycles. The lowest BCUT2D eigenvalue weighted by molar-refractivity contribution is -0.123. The first-order chi connectivity index (χ1) is 16.3. The number of rotatable bonds is 9. The number of hydrogen-bond acceptors (Lipinski definition) is 6. The van der Waals surface area contributed by atoms with Gasteiger partial charge in [0.15, 0.2) is 11.8 Å². The maximum atomic E-state index is 12.9. The molecule has 0 aliphatic rings. The van der Waals surface area contributed by atoms with Crippen LogP contribution in [0.3, 0.4) is 0 Å². The topological polar surface area (TPSA) is 119 Å². The minimum atomic E-state index is -1.11. The zero-order valence-corrected chi connectivity index (χ0v) is 19.5. The van der Waals surface area contributed by atoms with Crippen molar-refractivity contribution in [3.8, 4) is 0 Å². The van der Waals surface area contributed by atoms with Gasteiger partial charge < -0.3 is 15.4 Å². The molecule has 0 saturated heterocycles. The van der Waals surface area contributed by atoms with Gasteiger partial charge in [-0.05, 0) is 43.7 Å². The molecule has 178 valence electrons. The number of esters is 1. The van der Waals surface area contributed by atoms with E-state index in [1.807, 2.05) is 0 Å². The summed E-state index contributed by atoms with van der Waals surface area (Å²) in [6.07, 6.45) is 1.57. The normalized spacial score (nSPS) is 11.6. The van der Waals surface area contributed by atoms with E-state index in [0.717, 1.165) is 19.3 Å². The van der Waals surface area contributed by atoms with E-state index < -0.39 is 18.0 Å². The summed E-state index contributed by atoms with van der Waals surface area (Å²) in [6, 6.07) is 13.3. The van der Waals surface area contributed by atoms with E-state index in [0.29, 0.717) is 28.7 Å². The number of unbranched alkanes of at least 4 members (excludes halogenated alkanes) is 2. The number of hydrogen-bond donors (Lipinski definition) is 2. The van der Waals surface area contributed by atoms with Crippen LogP contribution in [0.1, 0.15) is 50.5 Å². The Morgan fingerprint density at radius 3 is 2.21 bits per heavy atom. The van der Waals surface area contributed by atoms with Gasteiger partial charge in [-0.3, -0.25) is 14.4 Å². The number of aromatic nitrogens is 2. The second kappa shape index (κ2) is 11.2. The van der Waals surface area contributed by atoms with Gasteiger partial charge in [0.2, 0.25) is 5.91 Å². The molecule has 1 heterocycles. The fourth-order valence-electron chi connectivity index (χ4n) is 3.40. The highest BCUT2D eigenvalue weighted by Crippen LogP contribution is 2.17. The molecule has 0 fully saturated rings. The van der Waals surface area contributed by atoms with E-state index in [1.54, 1.807) is 48.5 Å². The van der Waals surface area contributed by atoms with Crippen molar-refractivity contribution in [3.05, 3.63) is 64.6 Å². The van der Waals surface area contributed by atoms with Gasteiger partial charge in [0.1, 0.15) is 0 Å². The van der Waals surface area contributed by atoms with E-state index >= 15 is 0 Å². The molecule has 0 aliphatic carbocycles. The Hall–Kier alpha value is -4.01. The SMILES string of the molecule is CCCCCn1nc(C(=O)O[C@@H](C)C(=O)Nc2ccc(NC(C)=O)cc2)c2ccccc2c1=O. The van der Waals surface area contributed by atoms with Crippen molar-refractivity contribution in [3.63, 3.8) is 0 Å². The molecule has 2 N–H and O–H groups in total. The quantitative estimate of drug-likeness (QED) is 0.368. The summed E-state index contributed by atoms with van der Waals surface area (Å²) in [7, 11) is 0. The van der Waals surface area contributed by atoms with Gasteiger partial charge in [-0.25, -0.2) is 9.48 Å². The Morgan fingerprint density at radius 1 is 0.971 bits per heavy atom. The lowest BCUT2D eigenvalue weighted by Crippen LogP contribution is -2.32. The van der Waals surface area contributed by atoms with Gasteiger partial charge in [0.05, 0.1) is 5.39 Å². The van der Waals surface area contributed by atoms with Crippen LogP contribution in [-0.4, -0.2) is 33.7 Å². The summed E-state index contributed by atoms with van der Waals surface area (Å²) in [4.78, 5) is 49.4. The smallest absolute Gasteiger partial charge is 0.360 e. The van der Waals surface area contributed by atoms with E-state index in [2.05, 4.69) is 22.7 Å². The molecule has 0 radical (unpaired) electrons. The Bertz CT molecular complexity index is 1250. The minimum absolute atomic E-state index is 0.00833. The van der Waals surface area contributed by atoms with Crippen molar-refractivity contribution in [2.45, 2.75) is 52.7 Å². The Balaban J connectivity index is 1.75. The van der Waals surface area contributed by atoms with Gasteiger partial charge in [-0.1, -0.05) is 38.0 Å². The third-order valence-electron chi connectivity index (χ3n) is 5.16. The molecule has 0 bridgehead atoms. The van der Waals surface area contributed by atoms with Gasteiger partial charge in [0.25, 0.3) is 11.5 Å². The van der Waals surface area contributed by atoms with E-state index in [-0.39, 0.29) is 17.2 Å². The first-order valence-corrected chi connectivity index (χ1v) is 11.2. The molecule has 1 atom stereocenters. The zero-order chi connectivity index (χ0) is 24.7. The lowest BCUT2D eigenvalue weighted by atomic mass is 10.1. The number of benzene rings is 2. The zero-order valence-electron chi connectivity index (χ0n) is 19.5. The summed E-state index contributed by atoms with van der Waals surface area (Å²) in [5, 5.41) is 10.3. The molecule has 0 saturated carbocycles. The molecule has 0 spiro atoms. The monoisotopic (exact) mass is 464 g/mol. The van der Waals surface area contributed by atoms with Crippen molar-refractivity contribution in [2.75, 3.05) is 10.6 Å². The molecular formula is C25H28N4O5. The molecule has 0 aliphatic heterocycles. The van der Waals surface area contributed by atoms with Crippen molar-refractivity contribution >= 4 is 39.9 Å². The van der Waals surface area contributed by atoms with Gasteiger partial charge in [-0.2, -0.15) is 5.10 Å². The highest BCUT2D eigenvalue weighted by Gasteiger charge is 2.23. The van der Waals surface area contributed by atoms with Gasteiger partial charge in [-0.15, -0.1) is 0 Å². The van der Waals surface area contributed by atoms with Crippen LogP contribution in [0.5, 0.6) is 0 Å². The summed E-state index contributed by atoms with van der Waals surface area (Å²) in [6.45, 7) is 5.31. The Kier molecular flexibility index (Phi) is 8.13. The van der Waals surface area contributed by atoms with Crippen molar-refractivity contribution in [1.82, 2.24) is 9.78 Å². The van der Waals surface area contributed by atoms with Crippen LogP contribution >= 0.6 is 0 Å². The Morgan fingerprint density at radius 2 is 1.59 bits per heavy atom. The number of nitrogens with zero attached hydrogens (tertiary/aromatic N) is 2. The molecule has 9 nitrogen and oxygen atoms in total. The van der Waals surface area contributed by atoms with Crippen molar-refractivity contribution in [1.29, 1.82) is 0 Å². The van der Waals surface area contributed by atoms with Crippen molar-refractivity contribution in [2.24, 2.45) is 0 Å². The second-order valence-corrected chi connectivity index (χ2v) is 7.92. The molecule has 1 aromatic heterocycles. The largest absolute Gasteiger partial charge is 0.448 e. The lowest BCUT2D eigenvalue weighted by Gasteiger charge is -2.15. The molecule has 3 rings (SSSR count). The summed E-state index contributed by atoms with van der Waals surface area (Å²) < 4.78 is 6.68. The maximum Gasteiger partial charge on any atom is 0.360 e. The van der Waals surface area contributed by atoms with Crippen molar-refractivity contribution < 1.29 is 19.1 Å². The standard InChI is InChI=1S/C25H28N4O5/c1-4-5-8-15-29-24(32)21-10-7-6-9-20(21)22(28-29)25(33)34-16(2)23(31)27-19-13-11-18(12-14-19)26-17(3)30/h6-7,9-14,16H,4-5,8,15H2,1-3H3,(H,26,30)(H,27,31)/t16-/m0/s1. The first kappa shape index (κ1) is 24.6. The predicted molar refractivity (Wildman–Crippen MR) is 130 cm³/mol. The maximum absolute atomic E-state index is 12.9. The fourth-order valence-corrected chi connectivity index (χ4v) is 3.40. The van der Waals surface area contributed by atoms with E-state index in [9.17, 15) is 19.2 Å². The molecule has 34 heavy (non-hydrogen) atoms. The van der Waals surface area contributed by atoms with E-state index in [1.165, 1.54) is 18.5 Å². The first-order valence-electron chi connectivity index (χ1n) is 11.2.